The zero-order valence-electron chi connectivity index (χ0n) is 18.3. The Balaban J connectivity index is 1.55. The van der Waals surface area contributed by atoms with Gasteiger partial charge in [0.25, 0.3) is 5.56 Å². The van der Waals surface area contributed by atoms with Crippen molar-refractivity contribution >= 4 is 44.8 Å². The van der Waals surface area contributed by atoms with Crippen LogP contribution < -0.4 is 16.0 Å². The van der Waals surface area contributed by atoms with Gasteiger partial charge in [-0.2, -0.15) is 0 Å². The third kappa shape index (κ3) is 5.10. The quantitative estimate of drug-likeness (QED) is 0.199. The molecule has 0 aliphatic rings. The van der Waals surface area contributed by atoms with E-state index in [4.69, 9.17) is 21.1 Å². The van der Waals surface area contributed by atoms with E-state index in [2.05, 4.69) is 0 Å². The van der Waals surface area contributed by atoms with E-state index in [1.54, 1.807) is 0 Å². The summed E-state index contributed by atoms with van der Waals surface area (Å²) in [6.45, 7) is -0.268. The number of carbonyl (C=O) groups excluding carboxylic acids is 1. The van der Waals surface area contributed by atoms with Gasteiger partial charge in [0.2, 0.25) is 0 Å². The van der Waals surface area contributed by atoms with Gasteiger partial charge in [-0.1, -0.05) is 41.9 Å². The smallest absolute Gasteiger partial charge is 0.348 e. The van der Waals surface area contributed by atoms with Crippen molar-refractivity contribution in [3.63, 3.8) is 0 Å². The first-order valence-corrected chi connectivity index (χ1v) is 11.5. The summed E-state index contributed by atoms with van der Waals surface area (Å²) in [5.74, 6) is -0.642. The number of hydrogen-bond acceptors (Lipinski definition) is 8. The van der Waals surface area contributed by atoms with Crippen molar-refractivity contribution in [2.45, 2.75) is 13.2 Å². The standard InChI is InChI=1S/C23H18ClN3O7S/c1-25-21-16(12-19(35-21)22(29)34-13-14-5-3-2-4-6-14)20(28)26(23(25)30)9-10-33-18-8-7-15(24)11-17(18)27(31)32/h2-8,11-12H,9-10,13H2,1H3. The van der Waals surface area contributed by atoms with Crippen molar-refractivity contribution in [3.8, 4) is 5.75 Å². The Morgan fingerprint density at radius 2 is 1.89 bits per heavy atom. The number of thiophene rings is 1. The highest BCUT2D eigenvalue weighted by atomic mass is 35.5. The summed E-state index contributed by atoms with van der Waals surface area (Å²) in [5, 5.41) is 11.6. The Morgan fingerprint density at radius 1 is 1.14 bits per heavy atom. The van der Waals surface area contributed by atoms with Gasteiger partial charge < -0.3 is 9.47 Å². The number of benzene rings is 2. The normalized spacial score (nSPS) is 10.9. The number of nitrogens with zero attached hydrogens (tertiary/aromatic N) is 3. The van der Waals surface area contributed by atoms with Crippen LogP contribution in [0.3, 0.4) is 0 Å². The molecule has 2 aromatic heterocycles. The number of halogens is 1. The highest BCUT2D eigenvalue weighted by Gasteiger charge is 2.20. The van der Waals surface area contributed by atoms with Crippen LogP contribution in [-0.2, 0) is 24.9 Å². The molecule has 0 spiro atoms. The first-order chi connectivity index (χ1) is 16.8. The van der Waals surface area contributed by atoms with Crippen LogP contribution in [-0.4, -0.2) is 26.6 Å². The minimum absolute atomic E-state index is 0.0377. The monoisotopic (exact) mass is 515 g/mol. The number of ether oxygens (including phenoxy) is 2. The molecule has 0 amide bonds. The molecule has 4 aromatic rings. The third-order valence-electron chi connectivity index (χ3n) is 5.11. The van der Waals surface area contributed by atoms with Gasteiger partial charge in [0.1, 0.15) is 22.9 Å². The summed E-state index contributed by atoms with van der Waals surface area (Å²) in [4.78, 5) is 49.4. The van der Waals surface area contributed by atoms with Crippen LogP contribution in [0.4, 0.5) is 5.69 Å². The van der Waals surface area contributed by atoms with Crippen LogP contribution in [0.1, 0.15) is 15.2 Å². The Labute approximate surface area is 206 Å². The lowest BCUT2D eigenvalue weighted by molar-refractivity contribution is -0.385. The molecule has 12 heteroatoms. The van der Waals surface area contributed by atoms with E-state index in [0.29, 0.717) is 4.83 Å². The van der Waals surface area contributed by atoms with E-state index in [1.807, 2.05) is 30.3 Å². The molecule has 180 valence electrons. The molecule has 0 fully saturated rings. The average molecular weight is 516 g/mol. The first-order valence-electron chi connectivity index (χ1n) is 10.3. The van der Waals surface area contributed by atoms with Gasteiger partial charge in [-0.15, -0.1) is 11.3 Å². The number of carbonyl (C=O) groups is 1. The van der Waals surface area contributed by atoms with Crippen LogP contribution in [0.2, 0.25) is 5.02 Å². The van der Waals surface area contributed by atoms with Gasteiger partial charge in [0.15, 0.2) is 5.75 Å². The summed E-state index contributed by atoms with van der Waals surface area (Å²) in [5.41, 5.74) is -0.722. The molecule has 10 nitrogen and oxygen atoms in total. The number of rotatable bonds is 8. The minimum Gasteiger partial charge on any atom is -0.485 e. The zero-order chi connectivity index (χ0) is 25.1. The maximum Gasteiger partial charge on any atom is 0.348 e. The zero-order valence-corrected chi connectivity index (χ0v) is 19.9. The molecule has 0 bridgehead atoms. The second-order valence-corrected chi connectivity index (χ2v) is 8.87. The predicted octanol–water partition coefficient (Wildman–Crippen LogP) is 3.76. The SMILES string of the molecule is Cn1c(=O)n(CCOc2ccc(Cl)cc2[N+](=O)[O-])c(=O)c2cc(C(=O)OCc3ccccc3)sc21. The van der Waals surface area contributed by atoms with Gasteiger partial charge in [-0.05, 0) is 23.8 Å². The van der Waals surface area contributed by atoms with E-state index < -0.39 is 22.1 Å². The Morgan fingerprint density at radius 3 is 2.60 bits per heavy atom. The summed E-state index contributed by atoms with van der Waals surface area (Å²) < 4.78 is 13.0. The molecule has 0 saturated carbocycles. The topological polar surface area (TPSA) is 123 Å². The molecule has 4 rings (SSSR count). The molecule has 0 unspecified atom stereocenters. The molecule has 0 aliphatic heterocycles. The molecular weight excluding hydrogens is 498 g/mol. The van der Waals surface area contributed by atoms with Crippen LogP contribution in [0.25, 0.3) is 10.2 Å². The molecule has 2 heterocycles. The molecule has 0 aliphatic carbocycles. The van der Waals surface area contributed by atoms with Crippen LogP contribution in [0.5, 0.6) is 5.75 Å². The van der Waals surface area contributed by atoms with Crippen LogP contribution >= 0.6 is 22.9 Å². The van der Waals surface area contributed by atoms with Crippen molar-refractivity contribution in [2.75, 3.05) is 6.61 Å². The van der Waals surface area contributed by atoms with Crippen molar-refractivity contribution in [2.24, 2.45) is 7.05 Å². The fraction of sp³-hybridized carbons (Fsp3) is 0.174. The largest absolute Gasteiger partial charge is 0.485 e. The third-order valence-corrected chi connectivity index (χ3v) is 6.54. The average Bonchev–Trinajstić information content (AvgIpc) is 3.31. The summed E-state index contributed by atoms with van der Waals surface area (Å²) >= 11 is 6.79. The van der Waals surface area contributed by atoms with Crippen molar-refractivity contribution in [1.82, 2.24) is 9.13 Å². The fourth-order valence-corrected chi connectivity index (χ4v) is 4.54. The number of hydrogen-bond donors (Lipinski definition) is 0. The highest BCUT2D eigenvalue weighted by molar-refractivity contribution is 7.20. The van der Waals surface area contributed by atoms with E-state index >= 15 is 0 Å². The number of nitro benzene ring substituents is 1. The Bertz CT molecular complexity index is 1540. The van der Waals surface area contributed by atoms with E-state index in [1.165, 1.54) is 29.8 Å². The molecule has 0 saturated heterocycles. The lowest BCUT2D eigenvalue weighted by atomic mass is 10.2. The second-order valence-electron chi connectivity index (χ2n) is 7.41. The predicted molar refractivity (Wildman–Crippen MR) is 130 cm³/mol. The summed E-state index contributed by atoms with van der Waals surface area (Å²) in [7, 11) is 1.49. The van der Waals surface area contributed by atoms with Gasteiger partial charge in [-0.25, -0.2) is 9.59 Å². The van der Waals surface area contributed by atoms with Crippen LogP contribution in [0.15, 0.2) is 64.2 Å². The van der Waals surface area contributed by atoms with Gasteiger partial charge in [0, 0.05) is 18.1 Å². The van der Waals surface area contributed by atoms with Crippen molar-refractivity contribution in [1.29, 1.82) is 0 Å². The second kappa shape index (κ2) is 10.1. The highest BCUT2D eigenvalue weighted by Crippen LogP contribution is 2.30. The minimum atomic E-state index is -0.637. The molecular formula is C23H18ClN3O7S. The summed E-state index contributed by atoms with van der Waals surface area (Å²) in [6, 6.07) is 14.5. The van der Waals surface area contributed by atoms with Crippen LogP contribution in [0, 0.1) is 10.1 Å². The van der Waals surface area contributed by atoms with E-state index in [-0.39, 0.29) is 46.5 Å². The Hall–Kier alpha value is -3.96. The molecule has 0 N–H and O–H groups in total. The number of esters is 1. The number of nitro groups is 1. The molecule has 35 heavy (non-hydrogen) atoms. The number of aromatic nitrogens is 2. The number of aryl methyl sites for hydroxylation is 1. The molecule has 0 atom stereocenters. The summed E-state index contributed by atoms with van der Waals surface area (Å²) in [6.07, 6.45) is 0. The first kappa shape index (κ1) is 24.2. The van der Waals surface area contributed by atoms with Gasteiger partial charge in [0.05, 0.1) is 16.9 Å². The van der Waals surface area contributed by atoms with Crippen molar-refractivity contribution < 1.29 is 19.2 Å². The Kier molecular flexibility index (Phi) is 6.99. The lowest BCUT2D eigenvalue weighted by Crippen LogP contribution is -2.39. The maximum atomic E-state index is 13.0. The lowest BCUT2D eigenvalue weighted by Gasteiger charge is -2.10. The van der Waals surface area contributed by atoms with E-state index in [9.17, 15) is 24.5 Å². The molecule has 2 aromatic carbocycles. The van der Waals surface area contributed by atoms with E-state index in [0.717, 1.165) is 27.5 Å². The number of fused-ring (bicyclic) bond motifs is 1. The van der Waals surface area contributed by atoms with Gasteiger partial charge >= 0.3 is 17.3 Å². The maximum absolute atomic E-state index is 13.0. The van der Waals surface area contributed by atoms with Crippen molar-refractivity contribution in [3.05, 3.63) is 101 Å². The van der Waals surface area contributed by atoms with Gasteiger partial charge in [-0.3, -0.25) is 24.0 Å². The fourth-order valence-electron chi connectivity index (χ4n) is 3.38. The molecule has 0 radical (unpaired) electrons.